The molecule has 34 heavy (non-hydrogen) atoms. The number of ether oxygens (including phenoxy) is 1. The van der Waals surface area contributed by atoms with Crippen LogP contribution in [0.2, 0.25) is 0 Å². The Kier molecular flexibility index (Phi) is 7.87. The summed E-state index contributed by atoms with van der Waals surface area (Å²) in [6.45, 7) is 6.78. The first kappa shape index (κ1) is 25.2. The average molecular weight is 478 g/mol. The fourth-order valence-electron chi connectivity index (χ4n) is 3.59. The minimum Gasteiger partial charge on any atom is -0.502 e. The molecule has 1 aliphatic heterocycles. The summed E-state index contributed by atoms with van der Waals surface area (Å²) in [7, 11) is 0. The molecule has 2 N–H and O–H groups in total. The fourth-order valence-corrected chi connectivity index (χ4v) is 3.59. The van der Waals surface area contributed by atoms with Crippen LogP contribution < -0.4 is 15.8 Å². The lowest BCUT2D eigenvalue weighted by molar-refractivity contribution is 0.0569. The highest BCUT2D eigenvalue weighted by molar-refractivity contribution is 5.99. The molecule has 1 aromatic carbocycles. The first-order valence-corrected chi connectivity index (χ1v) is 11.0. The lowest BCUT2D eigenvalue weighted by atomic mass is 10.1. The molecule has 2 heterocycles. The molecule has 0 atom stereocenters. The number of halogens is 2. The number of carbonyl (C=O) groups excluding carboxylic acids is 2. The van der Waals surface area contributed by atoms with Crippen molar-refractivity contribution in [1.29, 1.82) is 0 Å². The highest BCUT2D eigenvalue weighted by atomic mass is 19.1. The van der Waals surface area contributed by atoms with E-state index < -0.39 is 40.2 Å². The molecule has 0 saturated heterocycles. The van der Waals surface area contributed by atoms with Gasteiger partial charge in [-0.3, -0.25) is 24.1 Å². The minimum atomic E-state index is -1.02. The van der Waals surface area contributed by atoms with Gasteiger partial charge in [-0.05, 0) is 33.3 Å². The van der Waals surface area contributed by atoms with Gasteiger partial charge in [-0.25, -0.2) is 8.78 Å². The molecule has 3 rings (SSSR count). The van der Waals surface area contributed by atoms with Crippen LogP contribution in [-0.2, 0) is 11.3 Å². The Hall–Kier alpha value is -3.47. The van der Waals surface area contributed by atoms with Gasteiger partial charge in [-0.2, -0.15) is 0 Å². The Morgan fingerprint density at radius 3 is 2.65 bits per heavy atom. The molecule has 2 aromatic rings. The van der Waals surface area contributed by atoms with Crippen LogP contribution in [0.15, 0.2) is 29.2 Å². The average Bonchev–Trinajstić information content (AvgIpc) is 2.79. The van der Waals surface area contributed by atoms with E-state index in [0.717, 1.165) is 6.07 Å². The van der Waals surface area contributed by atoms with Gasteiger partial charge in [0.05, 0.1) is 6.10 Å². The van der Waals surface area contributed by atoms with Gasteiger partial charge in [-0.1, -0.05) is 6.07 Å². The number of pyridine rings is 1. The number of nitrogens with one attached hydrogen (secondary N) is 1. The van der Waals surface area contributed by atoms with E-state index in [1.54, 1.807) is 5.01 Å². The van der Waals surface area contributed by atoms with E-state index in [-0.39, 0.29) is 30.6 Å². The molecular weight excluding hydrogens is 450 g/mol. The second-order valence-electron chi connectivity index (χ2n) is 8.14. The molecule has 0 saturated carbocycles. The number of fused-ring (bicyclic) bond motifs is 1. The Balaban J connectivity index is 1.83. The molecule has 1 aliphatic rings. The third-order valence-electron chi connectivity index (χ3n) is 5.38. The van der Waals surface area contributed by atoms with Crippen molar-refractivity contribution in [3.05, 3.63) is 63.1 Å². The predicted molar refractivity (Wildman–Crippen MR) is 120 cm³/mol. The molecule has 9 nitrogen and oxygen atoms in total. The number of amides is 2. The number of rotatable bonds is 9. The zero-order valence-electron chi connectivity index (χ0n) is 19.3. The Labute approximate surface area is 195 Å². The zero-order chi connectivity index (χ0) is 25.0. The smallest absolute Gasteiger partial charge is 0.277 e. The molecule has 184 valence electrons. The summed E-state index contributed by atoms with van der Waals surface area (Å²) in [6, 6.07) is 2.92. The molecular formula is C23H28F2N4O5. The van der Waals surface area contributed by atoms with E-state index in [2.05, 4.69) is 5.32 Å². The third-order valence-corrected chi connectivity index (χ3v) is 5.38. The third kappa shape index (κ3) is 5.36. The number of hydrogen-bond donors (Lipinski definition) is 2. The Bertz CT molecular complexity index is 1140. The molecule has 0 aliphatic carbocycles. The predicted octanol–water partition coefficient (Wildman–Crippen LogP) is 1.95. The summed E-state index contributed by atoms with van der Waals surface area (Å²) >= 11 is 0. The number of hydrogen-bond acceptors (Lipinski definition) is 6. The second-order valence-corrected chi connectivity index (χ2v) is 8.14. The van der Waals surface area contributed by atoms with Crippen molar-refractivity contribution < 1.29 is 28.2 Å². The highest BCUT2D eigenvalue weighted by Crippen LogP contribution is 2.21. The van der Waals surface area contributed by atoms with Crippen LogP contribution in [0.5, 0.6) is 5.75 Å². The van der Waals surface area contributed by atoms with Gasteiger partial charge in [0.2, 0.25) is 5.43 Å². The van der Waals surface area contributed by atoms with Crippen molar-refractivity contribution in [2.45, 2.75) is 39.8 Å². The van der Waals surface area contributed by atoms with E-state index >= 15 is 0 Å². The molecule has 0 spiro atoms. The van der Waals surface area contributed by atoms with Crippen LogP contribution in [0, 0.1) is 11.6 Å². The van der Waals surface area contributed by atoms with Gasteiger partial charge in [0.15, 0.2) is 11.4 Å². The van der Waals surface area contributed by atoms with E-state index in [1.807, 2.05) is 20.8 Å². The maximum absolute atomic E-state index is 13.8. The largest absolute Gasteiger partial charge is 0.502 e. The standard InChI is InChI=1S/C23H28F2N4O5/c1-4-28-13-27(8-5-9-34-14(2)3)23(33)19-21(31)20(30)17(12-29(19)28)22(32)26-11-15-6-7-16(24)10-18(15)25/h6-7,10,12,14,31H,4-5,8-9,11,13H2,1-3H3,(H,26,32). The van der Waals surface area contributed by atoms with Crippen LogP contribution >= 0.6 is 0 Å². The lowest BCUT2D eigenvalue weighted by Crippen LogP contribution is -2.54. The zero-order valence-corrected chi connectivity index (χ0v) is 19.3. The lowest BCUT2D eigenvalue weighted by Gasteiger charge is -2.39. The van der Waals surface area contributed by atoms with Crippen LogP contribution in [0.4, 0.5) is 8.78 Å². The number of carbonyl (C=O) groups is 2. The molecule has 1 aromatic heterocycles. The first-order valence-electron chi connectivity index (χ1n) is 11.0. The summed E-state index contributed by atoms with van der Waals surface area (Å²) in [6.07, 6.45) is 1.83. The van der Waals surface area contributed by atoms with Crippen molar-refractivity contribution in [2.75, 3.05) is 31.4 Å². The van der Waals surface area contributed by atoms with Gasteiger partial charge in [-0.15, -0.1) is 0 Å². The maximum Gasteiger partial charge on any atom is 0.277 e. The second kappa shape index (κ2) is 10.6. The molecule has 2 amide bonds. The number of aromatic nitrogens is 1. The Morgan fingerprint density at radius 1 is 1.26 bits per heavy atom. The summed E-state index contributed by atoms with van der Waals surface area (Å²) in [5.74, 6) is -3.84. The quantitative estimate of drug-likeness (QED) is 0.534. The van der Waals surface area contributed by atoms with Crippen molar-refractivity contribution in [1.82, 2.24) is 14.9 Å². The van der Waals surface area contributed by atoms with Gasteiger partial charge < -0.3 is 20.1 Å². The van der Waals surface area contributed by atoms with Crippen LogP contribution in [0.25, 0.3) is 0 Å². The molecule has 0 bridgehead atoms. The van der Waals surface area contributed by atoms with Gasteiger partial charge in [0.1, 0.15) is 23.9 Å². The number of nitrogens with zero attached hydrogens (tertiary/aromatic N) is 3. The molecule has 11 heteroatoms. The van der Waals surface area contributed by atoms with E-state index in [0.29, 0.717) is 32.2 Å². The van der Waals surface area contributed by atoms with Crippen molar-refractivity contribution in [3.8, 4) is 5.75 Å². The number of aromatic hydroxyl groups is 1. The number of benzene rings is 1. The topological polar surface area (TPSA) is 104 Å². The summed E-state index contributed by atoms with van der Waals surface area (Å²) < 4.78 is 33.7. The normalized spacial score (nSPS) is 13.4. The van der Waals surface area contributed by atoms with Crippen molar-refractivity contribution in [3.63, 3.8) is 0 Å². The van der Waals surface area contributed by atoms with Crippen LogP contribution in [-0.4, -0.2) is 59.0 Å². The van der Waals surface area contributed by atoms with Crippen LogP contribution in [0.3, 0.4) is 0 Å². The van der Waals surface area contributed by atoms with Gasteiger partial charge in [0, 0.05) is 44.1 Å². The van der Waals surface area contributed by atoms with Gasteiger partial charge in [0.25, 0.3) is 11.8 Å². The summed E-state index contributed by atoms with van der Waals surface area (Å²) in [4.78, 5) is 39.9. The van der Waals surface area contributed by atoms with Crippen LogP contribution in [0.1, 0.15) is 53.6 Å². The molecule has 0 unspecified atom stereocenters. The molecule has 0 fully saturated rings. The van der Waals surface area contributed by atoms with E-state index in [1.165, 1.54) is 21.8 Å². The van der Waals surface area contributed by atoms with Crippen molar-refractivity contribution >= 4 is 11.8 Å². The molecule has 0 radical (unpaired) electrons. The SMILES string of the molecule is CCN1CN(CCCOC(C)C)C(=O)c2c(O)c(=O)c(C(=O)NCc3ccc(F)cc3F)cn21. The Morgan fingerprint density at radius 2 is 2.00 bits per heavy atom. The van der Waals surface area contributed by atoms with E-state index in [4.69, 9.17) is 4.74 Å². The summed E-state index contributed by atoms with van der Waals surface area (Å²) in [5, 5.41) is 14.6. The first-order chi connectivity index (χ1) is 16.1. The van der Waals surface area contributed by atoms with Crippen molar-refractivity contribution in [2.24, 2.45) is 0 Å². The van der Waals surface area contributed by atoms with Gasteiger partial charge >= 0.3 is 0 Å². The highest BCUT2D eigenvalue weighted by Gasteiger charge is 2.33. The van der Waals surface area contributed by atoms with E-state index in [9.17, 15) is 28.3 Å². The minimum absolute atomic E-state index is 0.0273. The fraction of sp³-hybridized carbons (Fsp3) is 0.435. The maximum atomic E-state index is 13.8. The monoisotopic (exact) mass is 478 g/mol. The summed E-state index contributed by atoms with van der Waals surface area (Å²) in [5.41, 5.74) is -1.63.